The third-order valence-electron chi connectivity index (χ3n) is 2.03. The molecule has 0 bridgehead atoms. The summed E-state index contributed by atoms with van der Waals surface area (Å²) in [5.41, 5.74) is -0.259. The van der Waals surface area contributed by atoms with Crippen LogP contribution < -0.4 is 5.32 Å². The lowest BCUT2D eigenvalue weighted by Gasteiger charge is -2.17. The molecule has 0 fully saturated rings. The fraction of sp³-hybridized carbons (Fsp3) is 0.333. The van der Waals surface area contributed by atoms with Gasteiger partial charge < -0.3 is 5.32 Å². The first-order chi connectivity index (χ1) is 7.34. The monoisotopic (exact) mass is 220 g/mol. The third-order valence-corrected chi connectivity index (χ3v) is 2.03. The first-order valence-corrected chi connectivity index (χ1v) is 4.85. The Bertz CT molecular complexity index is 455. The maximum absolute atomic E-state index is 13.4. The molecule has 1 amide bonds. The number of rotatable bonds is 1. The predicted molar refractivity (Wildman–Crippen MR) is 59.2 cm³/mol. The molecule has 0 aliphatic rings. The van der Waals surface area contributed by atoms with Crippen LogP contribution in [-0.2, 0) is 4.79 Å². The molecule has 1 rings (SSSR count). The summed E-state index contributed by atoms with van der Waals surface area (Å²) in [6.07, 6.45) is 0. The predicted octanol–water partition coefficient (Wildman–Crippen LogP) is 2.68. The molecule has 1 aromatic carbocycles. The molecular weight excluding hydrogens is 207 g/mol. The van der Waals surface area contributed by atoms with Crippen LogP contribution in [0.3, 0.4) is 0 Å². The second kappa shape index (κ2) is 4.31. The van der Waals surface area contributed by atoms with E-state index < -0.39 is 11.2 Å². The van der Waals surface area contributed by atoms with Gasteiger partial charge >= 0.3 is 0 Å². The Kier molecular flexibility index (Phi) is 3.28. The number of hydrogen-bond donors (Lipinski definition) is 1. The molecule has 0 aromatic heterocycles. The molecule has 3 nitrogen and oxygen atoms in total. The summed E-state index contributed by atoms with van der Waals surface area (Å²) < 4.78 is 13.4. The maximum atomic E-state index is 13.4. The van der Waals surface area contributed by atoms with Gasteiger partial charge in [-0.05, 0) is 18.2 Å². The van der Waals surface area contributed by atoms with Crippen molar-refractivity contribution in [1.29, 1.82) is 5.26 Å². The van der Waals surface area contributed by atoms with Crippen LogP contribution in [0.4, 0.5) is 10.1 Å². The minimum Gasteiger partial charge on any atom is -0.323 e. The summed E-state index contributed by atoms with van der Waals surface area (Å²) in [6.45, 7) is 5.22. The number of benzene rings is 1. The lowest BCUT2D eigenvalue weighted by Crippen LogP contribution is -2.28. The second-order valence-electron chi connectivity index (χ2n) is 4.51. The van der Waals surface area contributed by atoms with Gasteiger partial charge in [0.05, 0.1) is 17.3 Å². The van der Waals surface area contributed by atoms with E-state index in [0.29, 0.717) is 0 Å². The van der Waals surface area contributed by atoms with Crippen molar-refractivity contribution < 1.29 is 9.18 Å². The zero-order valence-corrected chi connectivity index (χ0v) is 9.47. The number of hydrogen-bond acceptors (Lipinski definition) is 2. The van der Waals surface area contributed by atoms with Crippen LogP contribution in [0.5, 0.6) is 0 Å². The highest BCUT2D eigenvalue weighted by Gasteiger charge is 2.22. The Balaban J connectivity index is 2.92. The van der Waals surface area contributed by atoms with E-state index in [1.807, 2.05) is 6.07 Å². The van der Waals surface area contributed by atoms with Crippen molar-refractivity contribution in [2.45, 2.75) is 20.8 Å². The summed E-state index contributed by atoms with van der Waals surface area (Å²) >= 11 is 0. The van der Waals surface area contributed by atoms with E-state index in [4.69, 9.17) is 5.26 Å². The zero-order valence-electron chi connectivity index (χ0n) is 9.47. The van der Waals surface area contributed by atoms with Crippen LogP contribution in [0.15, 0.2) is 18.2 Å². The minimum atomic E-state index is -0.600. The first-order valence-electron chi connectivity index (χ1n) is 4.85. The van der Waals surface area contributed by atoms with Crippen LogP contribution in [0.1, 0.15) is 26.3 Å². The van der Waals surface area contributed by atoms with Crippen LogP contribution in [0, 0.1) is 22.6 Å². The molecule has 0 radical (unpaired) electrons. The average molecular weight is 220 g/mol. The molecule has 0 heterocycles. The van der Waals surface area contributed by atoms with Gasteiger partial charge in [0.2, 0.25) is 5.91 Å². The van der Waals surface area contributed by atoms with Crippen LogP contribution >= 0.6 is 0 Å². The largest absolute Gasteiger partial charge is 0.323 e. The SMILES string of the molecule is CC(C)(C)C(=O)Nc1ccc(C#N)cc1F. The van der Waals surface area contributed by atoms with Gasteiger partial charge in [-0.1, -0.05) is 20.8 Å². The van der Waals surface area contributed by atoms with Gasteiger partial charge in [-0.25, -0.2) is 4.39 Å². The lowest BCUT2D eigenvalue weighted by molar-refractivity contribution is -0.123. The zero-order chi connectivity index (χ0) is 12.3. The van der Waals surface area contributed by atoms with Crippen molar-refractivity contribution in [3.63, 3.8) is 0 Å². The number of nitrogens with one attached hydrogen (secondary N) is 1. The summed E-state index contributed by atoms with van der Waals surface area (Å²) in [7, 11) is 0. The van der Waals surface area contributed by atoms with Gasteiger partial charge in [0.15, 0.2) is 0 Å². The second-order valence-corrected chi connectivity index (χ2v) is 4.51. The molecule has 84 valence electrons. The number of amides is 1. The van der Waals surface area contributed by atoms with Crippen molar-refractivity contribution in [1.82, 2.24) is 0 Å². The van der Waals surface area contributed by atoms with E-state index >= 15 is 0 Å². The number of carbonyl (C=O) groups is 1. The minimum absolute atomic E-state index is 0.0962. The summed E-state index contributed by atoms with van der Waals surface area (Å²) in [6, 6.07) is 5.77. The Morgan fingerprint density at radius 1 is 1.44 bits per heavy atom. The Morgan fingerprint density at radius 3 is 2.50 bits per heavy atom. The Morgan fingerprint density at radius 2 is 2.06 bits per heavy atom. The molecule has 0 aliphatic heterocycles. The van der Waals surface area contributed by atoms with Crippen molar-refractivity contribution >= 4 is 11.6 Å². The molecule has 0 spiro atoms. The van der Waals surface area contributed by atoms with Gasteiger partial charge in [-0.2, -0.15) is 5.26 Å². The van der Waals surface area contributed by atoms with Crippen molar-refractivity contribution in [3.05, 3.63) is 29.6 Å². The quantitative estimate of drug-likeness (QED) is 0.791. The molecule has 16 heavy (non-hydrogen) atoms. The van der Waals surface area contributed by atoms with Crippen LogP contribution in [0.2, 0.25) is 0 Å². The number of carbonyl (C=O) groups excluding carboxylic acids is 1. The Labute approximate surface area is 93.9 Å². The van der Waals surface area contributed by atoms with E-state index in [-0.39, 0.29) is 17.2 Å². The van der Waals surface area contributed by atoms with Crippen molar-refractivity contribution in [3.8, 4) is 6.07 Å². The molecule has 4 heteroatoms. The normalized spacial score (nSPS) is 10.7. The number of halogens is 1. The smallest absolute Gasteiger partial charge is 0.229 e. The molecule has 1 N–H and O–H groups in total. The van der Waals surface area contributed by atoms with Gasteiger partial charge in [0, 0.05) is 5.41 Å². The van der Waals surface area contributed by atoms with E-state index in [0.717, 1.165) is 6.07 Å². The Hall–Kier alpha value is -1.89. The molecule has 0 saturated heterocycles. The van der Waals surface area contributed by atoms with Gasteiger partial charge in [-0.3, -0.25) is 4.79 Å². The number of nitriles is 1. The maximum Gasteiger partial charge on any atom is 0.229 e. The molecule has 0 aliphatic carbocycles. The molecule has 1 aromatic rings. The van der Waals surface area contributed by atoms with Crippen molar-refractivity contribution in [2.75, 3.05) is 5.32 Å². The van der Waals surface area contributed by atoms with E-state index in [9.17, 15) is 9.18 Å². The third kappa shape index (κ3) is 2.80. The first kappa shape index (κ1) is 12.2. The summed E-state index contributed by atoms with van der Waals surface area (Å²) in [5, 5.41) is 11.0. The highest BCUT2D eigenvalue weighted by Crippen LogP contribution is 2.20. The molecule has 0 unspecified atom stereocenters. The topological polar surface area (TPSA) is 52.9 Å². The van der Waals surface area contributed by atoms with Crippen molar-refractivity contribution in [2.24, 2.45) is 5.41 Å². The molecule has 0 saturated carbocycles. The van der Waals surface area contributed by atoms with Crippen LogP contribution in [0.25, 0.3) is 0 Å². The van der Waals surface area contributed by atoms with Gasteiger partial charge in [0.25, 0.3) is 0 Å². The van der Waals surface area contributed by atoms with Gasteiger partial charge in [0.1, 0.15) is 5.82 Å². The number of nitrogens with zero attached hydrogens (tertiary/aromatic N) is 1. The van der Waals surface area contributed by atoms with Crippen LogP contribution in [-0.4, -0.2) is 5.91 Å². The van der Waals surface area contributed by atoms with E-state index in [1.165, 1.54) is 12.1 Å². The highest BCUT2D eigenvalue weighted by atomic mass is 19.1. The average Bonchev–Trinajstić information content (AvgIpc) is 2.19. The van der Waals surface area contributed by atoms with E-state index in [2.05, 4.69) is 5.32 Å². The standard InChI is InChI=1S/C12H13FN2O/c1-12(2,3)11(16)15-10-5-4-8(7-14)6-9(10)13/h4-6H,1-3H3,(H,15,16). The lowest BCUT2D eigenvalue weighted by atomic mass is 9.95. The molecular formula is C12H13FN2O. The summed E-state index contributed by atoms with van der Waals surface area (Å²) in [4.78, 5) is 11.6. The van der Waals surface area contributed by atoms with Gasteiger partial charge in [-0.15, -0.1) is 0 Å². The fourth-order valence-corrected chi connectivity index (χ4v) is 0.996. The molecule has 0 atom stereocenters. The van der Waals surface area contributed by atoms with E-state index in [1.54, 1.807) is 20.8 Å². The summed E-state index contributed by atoms with van der Waals surface area (Å²) in [5.74, 6) is -0.868. The fourth-order valence-electron chi connectivity index (χ4n) is 0.996. The number of anilines is 1. The highest BCUT2D eigenvalue weighted by molar-refractivity contribution is 5.94.